The minimum atomic E-state index is -0.575. The van der Waals surface area contributed by atoms with E-state index >= 15 is 0 Å². The van der Waals surface area contributed by atoms with Gasteiger partial charge in [0.2, 0.25) is 11.8 Å². The van der Waals surface area contributed by atoms with Crippen LogP contribution in [0.3, 0.4) is 0 Å². The van der Waals surface area contributed by atoms with Crippen molar-refractivity contribution in [2.24, 2.45) is 0 Å². The number of anilines is 1. The van der Waals surface area contributed by atoms with E-state index in [1.807, 2.05) is 30.3 Å². The summed E-state index contributed by atoms with van der Waals surface area (Å²) in [5.74, 6) is -0.217. The van der Waals surface area contributed by atoms with Gasteiger partial charge in [0.05, 0.1) is 0 Å². The van der Waals surface area contributed by atoms with Crippen molar-refractivity contribution in [1.82, 2.24) is 15.1 Å². The summed E-state index contributed by atoms with van der Waals surface area (Å²) in [5.41, 5.74) is 10.8. The second-order valence-electron chi connectivity index (χ2n) is 9.07. The van der Waals surface area contributed by atoms with E-state index in [0.29, 0.717) is 18.9 Å². The van der Waals surface area contributed by atoms with E-state index in [9.17, 15) is 14.4 Å². The van der Waals surface area contributed by atoms with Crippen molar-refractivity contribution in [1.29, 1.82) is 0 Å². The Bertz CT molecular complexity index is 1070. The van der Waals surface area contributed by atoms with Crippen molar-refractivity contribution in [3.8, 4) is 0 Å². The summed E-state index contributed by atoms with van der Waals surface area (Å²) in [7, 11) is 0. The van der Waals surface area contributed by atoms with Gasteiger partial charge in [0, 0.05) is 30.8 Å². The molecule has 3 aliphatic heterocycles. The third-order valence-electron chi connectivity index (χ3n) is 7.00. The standard InChI is InChI=1S/C25H28N4O3/c26-20-6-2-3-17(13-20)16-9-11-28(12-10-16)14-18-4-1-5-19-15-29(25(32)23(18)19)21-7-8-22(30)27-24(21)31/h1-6,13,16,21H,7-12,14-15,26H2,(H,27,30,31). The summed E-state index contributed by atoms with van der Waals surface area (Å²) in [6.07, 6.45) is 2.78. The minimum absolute atomic E-state index is 0.0975. The van der Waals surface area contributed by atoms with Gasteiger partial charge in [-0.15, -0.1) is 0 Å². The number of carbonyl (C=O) groups excluding carboxylic acids is 3. The second kappa shape index (κ2) is 8.39. The number of nitrogen functional groups attached to an aromatic ring is 1. The van der Waals surface area contributed by atoms with E-state index in [1.54, 1.807) is 4.90 Å². The van der Waals surface area contributed by atoms with Crippen LogP contribution < -0.4 is 11.1 Å². The Kier molecular flexibility index (Phi) is 5.43. The number of benzene rings is 2. The molecule has 166 valence electrons. The van der Waals surface area contributed by atoms with Crippen molar-refractivity contribution in [2.45, 2.75) is 50.7 Å². The molecule has 32 heavy (non-hydrogen) atoms. The topological polar surface area (TPSA) is 95.7 Å². The first-order valence-electron chi connectivity index (χ1n) is 11.3. The molecule has 1 atom stereocenters. The van der Waals surface area contributed by atoms with Gasteiger partial charge in [-0.2, -0.15) is 0 Å². The Hall–Kier alpha value is -3.19. The van der Waals surface area contributed by atoms with Crippen molar-refractivity contribution >= 4 is 23.4 Å². The lowest BCUT2D eigenvalue weighted by Gasteiger charge is -2.32. The van der Waals surface area contributed by atoms with Crippen LogP contribution in [0.2, 0.25) is 0 Å². The molecule has 1 unspecified atom stereocenters. The van der Waals surface area contributed by atoms with Gasteiger partial charge in [-0.1, -0.05) is 30.3 Å². The average molecular weight is 433 g/mol. The van der Waals surface area contributed by atoms with Crippen LogP contribution in [0.1, 0.15) is 58.6 Å². The molecule has 7 heteroatoms. The monoisotopic (exact) mass is 432 g/mol. The van der Waals surface area contributed by atoms with Crippen LogP contribution in [0.5, 0.6) is 0 Å². The summed E-state index contributed by atoms with van der Waals surface area (Å²) >= 11 is 0. The Morgan fingerprint density at radius 3 is 2.53 bits per heavy atom. The van der Waals surface area contributed by atoms with Gasteiger partial charge in [-0.25, -0.2) is 0 Å². The number of piperidine rings is 2. The van der Waals surface area contributed by atoms with E-state index in [-0.39, 0.29) is 24.1 Å². The number of carbonyl (C=O) groups is 3. The smallest absolute Gasteiger partial charge is 0.255 e. The van der Waals surface area contributed by atoms with E-state index in [4.69, 9.17) is 5.73 Å². The Balaban J connectivity index is 1.27. The molecule has 0 spiro atoms. The van der Waals surface area contributed by atoms with Gasteiger partial charge >= 0.3 is 0 Å². The SMILES string of the molecule is Nc1cccc(C2CCN(Cc3cccc4c3C(=O)N(C3CCC(=O)NC3=O)C4)CC2)c1. The van der Waals surface area contributed by atoms with Gasteiger partial charge in [-0.3, -0.25) is 24.6 Å². The van der Waals surface area contributed by atoms with E-state index in [2.05, 4.69) is 22.3 Å². The minimum Gasteiger partial charge on any atom is -0.399 e. The molecule has 3 aliphatic rings. The van der Waals surface area contributed by atoms with Crippen molar-refractivity contribution in [3.05, 3.63) is 64.7 Å². The lowest BCUT2D eigenvalue weighted by Crippen LogP contribution is -2.52. The van der Waals surface area contributed by atoms with Crippen LogP contribution in [0, 0.1) is 0 Å². The Labute approximate surface area is 187 Å². The molecule has 5 rings (SSSR count). The molecule has 2 aromatic carbocycles. The highest BCUT2D eigenvalue weighted by Crippen LogP contribution is 2.33. The number of rotatable bonds is 4. The number of imide groups is 1. The molecule has 2 saturated heterocycles. The fourth-order valence-electron chi connectivity index (χ4n) is 5.30. The van der Waals surface area contributed by atoms with Gasteiger partial charge < -0.3 is 10.6 Å². The molecule has 0 aliphatic carbocycles. The maximum Gasteiger partial charge on any atom is 0.255 e. The van der Waals surface area contributed by atoms with Gasteiger partial charge in [0.15, 0.2) is 0 Å². The van der Waals surface area contributed by atoms with Crippen LogP contribution in [0.4, 0.5) is 5.69 Å². The molecule has 2 fully saturated rings. The summed E-state index contributed by atoms with van der Waals surface area (Å²) in [6.45, 7) is 3.08. The Morgan fingerprint density at radius 2 is 1.78 bits per heavy atom. The van der Waals surface area contributed by atoms with Gasteiger partial charge in [-0.05, 0) is 67.1 Å². The van der Waals surface area contributed by atoms with Crippen LogP contribution in [-0.2, 0) is 22.7 Å². The van der Waals surface area contributed by atoms with Gasteiger partial charge in [0.25, 0.3) is 5.91 Å². The van der Waals surface area contributed by atoms with Crippen LogP contribution in [-0.4, -0.2) is 46.7 Å². The number of likely N-dealkylation sites (tertiary alicyclic amines) is 1. The molecule has 3 amide bonds. The number of hydrogen-bond acceptors (Lipinski definition) is 5. The third-order valence-corrected chi connectivity index (χ3v) is 7.00. The fraction of sp³-hybridized carbons (Fsp3) is 0.400. The number of fused-ring (bicyclic) bond motifs is 1. The first kappa shape index (κ1) is 20.7. The highest BCUT2D eigenvalue weighted by atomic mass is 16.2. The Morgan fingerprint density at radius 1 is 1.00 bits per heavy atom. The zero-order valence-electron chi connectivity index (χ0n) is 18.0. The zero-order chi connectivity index (χ0) is 22.2. The number of nitrogens with two attached hydrogens (primary N) is 1. The molecule has 3 N–H and O–H groups in total. The number of hydrogen-bond donors (Lipinski definition) is 2. The molecule has 2 aromatic rings. The van der Waals surface area contributed by atoms with Gasteiger partial charge in [0.1, 0.15) is 6.04 Å². The van der Waals surface area contributed by atoms with Crippen molar-refractivity contribution in [2.75, 3.05) is 18.8 Å². The second-order valence-corrected chi connectivity index (χ2v) is 9.07. The maximum absolute atomic E-state index is 13.3. The number of amides is 3. The molecule has 0 aromatic heterocycles. The highest BCUT2D eigenvalue weighted by Gasteiger charge is 2.40. The molecule has 7 nitrogen and oxygen atoms in total. The molecule has 0 saturated carbocycles. The summed E-state index contributed by atoms with van der Waals surface area (Å²) in [4.78, 5) is 41.1. The quantitative estimate of drug-likeness (QED) is 0.571. The molecular weight excluding hydrogens is 404 g/mol. The molecule has 0 radical (unpaired) electrons. The summed E-state index contributed by atoms with van der Waals surface area (Å²) < 4.78 is 0. The highest BCUT2D eigenvalue weighted by molar-refractivity contribution is 6.06. The van der Waals surface area contributed by atoms with Crippen molar-refractivity contribution in [3.63, 3.8) is 0 Å². The molecular formula is C25H28N4O3. The molecule has 3 heterocycles. The normalized spacial score (nSPS) is 22.2. The maximum atomic E-state index is 13.3. The lowest BCUT2D eigenvalue weighted by molar-refractivity contribution is -0.136. The van der Waals surface area contributed by atoms with Crippen LogP contribution >= 0.6 is 0 Å². The number of nitrogens with zero attached hydrogens (tertiary/aromatic N) is 2. The van der Waals surface area contributed by atoms with E-state index < -0.39 is 6.04 Å². The largest absolute Gasteiger partial charge is 0.399 e. The van der Waals surface area contributed by atoms with E-state index in [0.717, 1.165) is 54.9 Å². The van der Waals surface area contributed by atoms with E-state index in [1.165, 1.54) is 5.56 Å². The van der Waals surface area contributed by atoms with Crippen LogP contribution in [0.25, 0.3) is 0 Å². The fourth-order valence-corrected chi connectivity index (χ4v) is 5.30. The first-order chi connectivity index (χ1) is 15.5. The summed E-state index contributed by atoms with van der Waals surface area (Å²) in [5, 5.41) is 2.37. The van der Waals surface area contributed by atoms with Crippen molar-refractivity contribution < 1.29 is 14.4 Å². The average Bonchev–Trinajstić information content (AvgIpc) is 3.11. The zero-order valence-corrected chi connectivity index (χ0v) is 18.0. The first-order valence-corrected chi connectivity index (χ1v) is 11.3. The predicted octanol–water partition coefficient (Wildman–Crippen LogP) is 2.41. The number of nitrogens with one attached hydrogen (secondary N) is 1. The lowest BCUT2D eigenvalue weighted by atomic mass is 9.89. The van der Waals surface area contributed by atoms with Crippen LogP contribution in [0.15, 0.2) is 42.5 Å². The summed E-state index contributed by atoms with van der Waals surface area (Å²) in [6, 6.07) is 13.6. The third kappa shape index (κ3) is 3.88. The molecule has 0 bridgehead atoms. The predicted molar refractivity (Wildman–Crippen MR) is 121 cm³/mol.